The van der Waals surface area contributed by atoms with Crippen LogP contribution in [-0.4, -0.2) is 15.6 Å². The molecular weight excluding hydrogens is 223 g/mol. The highest BCUT2D eigenvalue weighted by molar-refractivity contribution is 5.33. The Bertz CT molecular complexity index is 385. The molecule has 4 nitrogen and oxygen atoms in total. The SMILES string of the molecule is CC(C)(C)Oc1cc(N)nc(C(F)(F)F)n1. The van der Waals surface area contributed by atoms with Gasteiger partial charge in [-0.05, 0) is 20.8 Å². The van der Waals surface area contributed by atoms with Crippen LogP contribution in [0.3, 0.4) is 0 Å². The van der Waals surface area contributed by atoms with Gasteiger partial charge in [0.25, 0.3) is 0 Å². The molecular formula is C9H12F3N3O. The van der Waals surface area contributed by atoms with Gasteiger partial charge in [0.2, 0.25) is 11.7 Å². The number of hydrogen-bond acceptors (Lipinski definition) is 4. The standard InChI is InChI=1S/C9H12F3N3O/c1-8(2,3)16-6-4-5(13)14-7(15-6)9(10,11)12/h4H,1-3H3,(H2,13,14,15). The van der Waals surface area contributed by atoms with Crippen molar-refractivity contribution in [3.05, 3.63) is 11.9 Å². The molecule has 0 bridgehead atoms. The van der Waals surface area contributed by atoms with Gasteiger partial charge in [-0.2, -0.15) is 18.2 Å². The molecule has 0 unspecified atom stereocenters. The van der Waals surface area contributed by atoms with E-state index in [1.165, 1.54) is 0 Å². The van der Waals surface area contributed by atoms with Crippen molar-refractivity contribution >= 4 is 5.82 Å². The predicted octanol–water partition coefficient (Wildman–Crippen LogP) is 2.25. The Balaban J connectivity index is 3.09. The van der Waals surface area contributed by atoms with Gasteiger partial charge in [-0.1, -0.05) is 0 Å². The van der Waals surface area contributed by atoms with Crippen molar-refractivity contribution in [3.8, 4) is 5.88 Å². The monoisotopic (exact) mass is 235 g/mol. The van der Waals surface area contributed by atoms with E-state index >= 15 is 0 Å². The van der Waals surface area contributed by atoms with Gasteiger partial charge in [0.15, 0.2) is 0 Å². The van der Waals surface area contributed by atoms with Crippen molar-refractivity contribution in [1.29, 1.82) is 0 Å². The van der Waals surface area contributed by atoms with Crippen molar-refractivity contribution in [1.82, 2.24) is 9.97 Å². The molecule has 0 aromatic carbocycles. The maximum atomic E-state index is 12.3. The van der Waals surface area contributed by atoms with Crippen LogP contribution in [0.15, 0.2) is 6.07 Å². The Hall–Kier alpha value is -1.53. The molecule has 0 saturated carbocycles. The Kier molecular flexibility index (Phi) is 2.98. The van der Waals surface area contributed by atoms with E-state index in [4.69, 9.17) is 10.5 Å². The number of ether oxygens (including phenoxy) is 1. The molecule has 0 radical (unpaired) electrons. The number of nitrogens with zero attached hydrogens (tertiary/aromatic N) is 2. The summed E-state index contributed by atoms with van der Waals surface area (Å²) in [7, 11) is 0. The zero-order valence-electron chi connectivity index (χ0n) is 9.09. The first-order valence-electron chi connectivity index (χ1n) is 4.49. The maximum Gasteiger partial charge on any atom is 0.451 e. The highest BCUT2D eigenvalue weighted by Gasteiger charge is 2.35. The van der Waals surface area contributed by atoms with Crippen LogP contribution in [-0.2, 0) is 6.18 Å². The van der Waals surface area contributed by atoms with Crippen LogP contribution in [0.25, 0.3) is 0 Å². The number of alkyl halides is 3. The van der Waals surface area contributed by atoms with Gasteiger partial charge in [0.05, 0.1) is 0 Å². The van der Waals surface area contributed by atoms with Crippen molar-refractivity contribution in [3.63, 3.8) is 0 Å². The summed E-state index contributed by atoms with van der Waals surface area (Å²) in [5.74, 6) is -1.76. The Morgan fingerprint density at radius 1 is 1.19 bits per heavy atom. The first-order valence-corrected chi connectivity index (χ1v) is 4.49. The molecule has 1 aromatic rings. The van der Waals surface area contributed by atoms with Crippen LogP contribution in [0.1, 0.15) is 26.6 Å². The third kappa shape index (κ3) is 3.56. The number of nitrogens with two attached hydrogens (primary N) is 1. The molecule has 16 heavy (non-hydrogen) atoms. The van der Waals surface area contributed by atoms with Crippen LogP contribution in [0, 0.1) is 0 Å². The molecule has 0 aliphatic rings. The van der Waals surface area contributed by atoms with E-state index < -0.39 is 17.6 Å². The number of hydrogen-bond donors (Lipinski definition) is 1. The van der Waals surface area contributed by atoms with E-state index in [0.717, 1.165) is 6.07 Å². The Labute approximate surface area is 90.6 Å². The van der Waals surface area contributed by atoms with E-state index in [1.54, 1.807) is 20.8 Å². The average Bonchev–Trinajstić information content (AvgIpc) is 1.97. The highest BCUT2D eigenvalue weighted by Crippen LogP contribution is 2.29. The smallest absolute Gasteiger partial charge is 0.451 e. The largest absolute Gasteiger partial charge is 0.472 e. The fourth-order valence-electron chi connectivity index (χ4n) is 0.935. The minimum Gasteiger partial charge on any atom is -0.472 e. The second-order valence-electron chi connectivity index (χ2n) is 4.17. The predicted molar refractivity (Wildman–Crippen MR) is 51.8 cm³/mol. The second kappa shape index (κ2) is 3.80. The summed E-state index contributed by atoms with van der Waals surface area (Å²) in [6.07, 6.45) is -4.63. The van der Waals surface area contributed by atoms with E-state index in [-0.39, 0.29) is 11.7 Å². The fraction of sp³-hybridized carbons (Fsp3) is 0.556. The minimum atomic E-state index is -4.63. The summed E-state index contributed by atoms with van der Waals surface area (Å²) < 4.78 is 42.2. The van der Waals surface area contributed by atoms with Gasteiger partial charge in [-0.15, -0.1) is 0 Å². The Morgan fingerprint density at radius 3 is 2.19 bits per heavy atom. The quantitative estimate of drug-likeness (QED) is 0.811. The number of nitrogen functional groups attached to an aromatic ring is 1. The van der Waals surface area contributed by atoms with Gasteiger partial charge in [0, 0.05) is 6.07 Å². The summed E-state index contributed by atoms with van der Waals surface area (Å²) in [5.41, 5.74) is 4.59. The van der Waals surface area contributed by atoms with Gasteiger partial charge in [0.1, 0.15) is 11.4 Å². The molecule has 0 atom stereocenters. The van der Waals surface area contributed by atoms with Gasteiger partial charge >= 0.3 is 6.18 Å². The molecule has 90 valence electrons. The third-order valence-electron chi connectivity index (χ3n) is 1.39. The molecule has 1 heterocycles. The lowest BCUT2D eigenvalue weighted by Gasteiger charge is -2.20. The molecule has 0 aliphatic heterocycles. The molecule has 1 aromatic heterocycles. The minimum absolute atomic E-state index is 0.188. The summed E-state index contributed by atoms with van der Waals surface area (Å²) in [6.45, 7) is 5.08. The number of rotatable bonds is 1. The van der Waals surface area contributed by atoms with Crippen molar-refractivity contribution in [2.75, 3.05) is 5.73 Å². The van der Waals surface area contributed by atoms with Crippen molar-refractivity contribution in [2.45, 2.75) is 32.5 Å². The van der Waals surface area contributed by atoms with Crippen LogP contribution in [0.2, 0.25) is 0 Å². The summed E-state index contributed by atoms with van der Waals surface area (Å²) in [6, 6.07) is 1.15. The highest BCUT2D eigenvalue weighted by atomic mass is 19.4. The molecule has 0 spiro atoms. The van der Waals surface area contributed by atoms with Crippen molar-refractivity contribution < 1.29 is 17.9 Å². The summed E-state index contributed by atoms with van der Waals surface area (Å²) >= 11 is 0. The van der Waals surface area contributed by atoms with E-state index in [1.807, 2.05) is 0 Å². The van der Waals surface area contributed by atoms with Gasteiger partial charge in [-0.25, -0.2) is 4.98 Å². The molecule has 1 rings (SSSR count). The maximum absolute atomic E-state index is 12.3. The van der Waals surface area contributed by atoms with Crippen LogP contribution >= 0.6 is 0 Å². The summed E-state index contributed by atoms with van der Waals surface area (Å²) in [4.78, 5) is 6.35. The molecule has 2 N–H and O–H groups in total. The van der Waals surface area contributed by atoms with Crippen LogP contribution in [0.4, 0.5) is 19.0 Å². The topological polar surface area (TPSA) is 61.0 Å². The number of halogens is 3. The lowest BCUT2D eigenvalue weighted by molar-refractivity contribution is -0.145. The average molecular weight is 235 g/mol. The van der Waals surface area contributed by atoms with E-state index in [0.29, 0.717) is 0 Å². The first kappa shape index (κ1) is 12.5. The Morgan fingerprint density at radius 2 is 1.75 bits per heavy atom. The molecule has 0 amide bonds. The van der Waals surface area contributed by atoms with Gasteiger partial charge in [-0.3, -0.25) is 0 Å². The number of anilines is 1. The lowest BCUT2D eigenvalue weighted by atomic mass is 10.2. The third-order valence-corrected chi connectivity index (χ3v) is 1.39. The normalized spacial score (nSPS) is 12.6. The lowest BCUT2D eigenvalue weighted by Crippen LogP contribution is -2.24. The van der Waals surface area contributed by atoms with Crippen LogP contribution < -0.4 is 10.5 Å². The number of aromatic nitrogens is 2. The molecule has 7 heteroatoms. The first-order chi connectivity index (χ1) is 7.08. The zero-order chi connectivity index (χ0) is 12.6. The second-order valence-corrected chi connectivity index (χ2v) is 4.17. The molecule has 0 aliphatic carbocycles. The zero-order valence-corrected chi connectivity index (χ0v) is 9.09. The van der Waals surface area contributed by atoms with Gasteiger partial charge < -0.3 is 10.5 Å². The van der Waals surface area contributed by atoms with E-state index in [2.05, 4.69) is 9.97 Å². The molecule has 0 saturated heterocycles. The fourth-order valence-corrected chi connectivity index (χ4v) is 0.935. The molecule has 0 fully saturated rings. The summed E-state index contributed by atoms with van der Waals surface area (Å²) in [5, 5.41) is 0. The van der Waals surface area contributed by atoms with Crippen molar-refractivity contribution in [2.24, 2.45) is 0 Å². The van der Waals surface area contributed by atoms with Crippen LogP contribution in [0.5, 0.6) is 5.88 Å². The van der Waals surface area contributed by atoms with E-state index in [9.17, 15) is 13.2 Å².